The van der Waals surface area contributed by atoms with Gasteiger partial charge in [0.1, 0.15) is 18.2 Å². The molecule has 1 aliphatic rings. The van der Waals surface area contributed by atoms with Crippen LogP contribution < -0.4 is 9.64 Å². The molecule has 13 heteroatoms. The van der Waals surface area contributed by atoms with Gasteiger partial charge in [0.15, 0.2) is 0 Å². The van der Waals surface area contributed by atoms with Gasteiger partial charge in [-0.05, 0) is 19.1 Å². The lowest BCUT2D eigenvalue weighted by Crippen LogP contribution is -2.38. The second-order valence-corrected chi connectivity index (χ2v) is 6.69. The fraction of sp³-hybridized carbons (Fsp3) is 0.421. The molecule has 32 heavy (non-hydrogen) atoms. The molecule has 1 saturated heterocycles. The topological polar surface area (TPSA) is 117 Å². The minimum absolute atomic E-state index is 0.0981. The number of para-hydroxylation sites is 1. The summed E-state index contributed by atoms with van der Waals surface area (Å²) in [4.78, 5) is 31.6. The summed E-state index contributed by atoms with van der Waals surface area (Å²) >= 11 is 0. The monoisotopic (exact) mass is 456 g/mol. The predicted molar refractivity (Wildman–Crippen MR) is 104 cm³/mol. The largest absolute Gasteiger partial charge is 0.508 e. The first-order valence-corrected chi connectivity index (χ1v) is 9.62. The van der Waals surface area contributed by atoms with Gasteiger partial charge in [0.25, 0.3) is 0 Å². The number of nitro groups is 1. The highest BCUT2D eigenvalue weighted by molar-refractivity contribution is 5.64. The first-order chi connectivity index (χ1) is 15.2. The van der Waals surface area contributed by atoms with E-state index in [2.05, 4.69) is 9.97 Å². The van der Waals surface area contributed by atoms with Gasteiger partial charge in [0.05, 0.1) is 17.1 Å². The SMILES string of the molecule is CCOC(=O)OC1CCN(c2ncnc(Oc3ccccc3C(F)(F)F)c2[N+](=O)[O-])CC1. The molecular weight excluding hydrogens is 437 g/mol. The van der Waals surface area contributed by atoms with Gasteiger partial charge in [-0.1, -0.05) is 12.1 Å². The lowest BCUT2D eigenvalue weighted by atomic mass is 10.1. The number of alkyl halides is 3. The zero-order valence-corrected chi connectivity index (χ0v) is 16.9. The molecule has 2 heterocycles. The van der Waals surface area contributed by atoms with Crippen molar-refractivity contribution in [3.8, 4) is 11.6 Å². The van der Waals surface area contributed by atoms with Crippen molar-refractivity contribution in [3.05, 3.63) is 46.3 Å². The summed E-state index contributed by atoms with van der Waals surface area (Å²) in [5, 5.41) is 11.7. The van der Waals surface area contributed by atoms with E-state index in [-0.39, 0.29) is 25.5 Å². The number of hydrogen-bond donors (Lipinski definition) is 0. The van der Waals surface area contributed by atoms with Gasteiger partial charge in [0, 0.05) is 25.9 Å². The molecule has 172 valence electrons. The number of hydrogen-bond acceptors (Lipinski definition) is 9. The van der Waals surface area contributed by atoms with Crippen LogP contribution in [0.5, 0.6) is 11.6 Å². The molecule has 0 amide bonds. The average molecular weight is 456 g/mol. The Morgan fingerprint density at radius 3 is 2.56 bits per heavy atom. The molecule has 0 bridgehead atoms. The highest BCUT2D eigenvalue weighted by Gasteiger charge is 2.36. The number of aromatic nitrogens is 2. The van der Waals surface area contributed by atoms with Crippen LogP contribution in [0.1, 0.15) is 25.3 Å². The van der Waals surface area contributed by atoms with Gasteiger partial charge >= 0.3 is 23.9 Å². The molecule has 3 rings (SSSR count). The number of piperidine rings is 1. The van der Waals surface area contributed by atoms with E-state index in [0.717, 1.165) is 18.5 Å². The Labute approximate surface area is 180 Å². The van der Waals surface area contributed by atoms with Crippen LogP contribution in [0.2, 0.25) is 0 Å². The lowest BCUT2D eigenvalue weighted by molar-refractivity contribution is -0.385. The van der Waals surface area contributed by atoms with Crippen LogP contribution in [-0.2, 0) is 15.7 Å². The summed E-state index contributed by atoms with van der Waals surface area (Å²) in [6.07, 6.45) is -4.25. The van der Waals surface area contributed by atoms with Gasteiger partial charge in [-0.25, -0.2) is 9.78 Å². The van der Waals surface area contributed by atoms with Gasteiger partial charge in [-0.3, -0.25) is 10.1 Å². The van der Waals surface area contributed by atoms with Crippen molar-refractivity contribution in [1.29, 1.82) is 0 Å². The zero-order chi connectivity index (χ0) is 23.3. The molecule has 1 aromatic carbocycles. The lowest BCUT2D eigenvalue weighted by Gasteiger charge is -2.31. The van der Waals surface area contributed by atoms with E-state index in [9.17, 15) is 28.1 Å². The van der Waals surface area contributed by atoms with Crippen LogP contribution in [-0.4, -0.2) is 46.8 Å². The van der Waals surface area contributed by atoms with Crippen LogP contribution in [0, 0.1) is 10.1 Å². The van der Waals surface area contributed by atoms with Crippen molar-refractivity contribution in [2.75, 3.05) is 24.6 Å². The summed E-state index contributed by atoms with van der Waals surface area (Å²) < 4.78 is 54.9. The molecule has 0 spiro atoms. The third-order valence-electron chi connectivity index (χ3n) is 4.62. The molecule has 1 aromatic heterocycles. The first kappa shape index (κ1) is 23.0. The van der Waals surface area contributed by atoms with Crippen LogP contribution in [0.15, 0.2) is 30.6 Å². The highest BCUT2D eigenvalue weighted by Crippen LogP contribution is 2.41. The molecule has 0 unspecified atom stereocenters. The van der Waals surface area contributed by atoms with Crippen molar-refractivity contribution >= 4 is 17.7 Å². The number of nitrogens with zero attached hydrogens (tertiary/aromatic N) is 4. The van der Waals surface area contributed by atoms with Gasteiger partial charge in [-0.15, -0.1) is 0 Å². The maximum absolute atomic E-state index is 13.3. The molecule has 1 aliphatic heterocycles. The van der Waals surface area contributed by atoms with Crippen molar-refractivity contribution in [1.82, 2.24) is 9.97 Å². The standard InChI is InChI=1S/C19H19F3N4O6/c1-2-30-18(27)31-12-7-9-25(10-8-12)16-15(26(28)29)17(24-11-23-16)32-14-6-4-3-5-13(14)19(20,21)22/h3-6,11-12H,2,7-10H2,1H3. The smallest absolute Gasteiger partial charge is 0.435 e. The minimum Gasteiger partial charge on any atom is -0.435 e. The fourth-order valence-corrected chi connectivity index (χ4v) is 3.19. The summed E-state index contributed by atoms with van der Waals surface area (Å²) in [5.41, 5.74) is -1.75. The Balaban J connectivity index is 1.83. The van der Waals surface area contributed by atoms with E-state index in [1.54, 1.807) is 11.8 Å². The number of carbonyl (C=O) groups is 1. The van der Waals surface area contributed by atoms with Crippen molar-refractivity contribution in [2.45, 2.75) is 32.0 Å². The summed E-state index contributed by atoms with van der Waals surface area (Å²) in [5.74, 6) is -1.32. The number of halogens is 3. The number of ether oxygens (including phenoxy) is 3. The molecule has 2 aromatic rings. The normalized spacial score (nSPS) is 14.7. The number of benzene rings is 1. The summed E-state index contributed by atoms with van der Waals surface area (Å²) in [6.45, 7) is 2.32. The van der Waals surface area contributed by atoms with Crippen LogP contribution in [0.3, 0.4) is 0 Å². The molecule has 0 N–H and O–H groups in total. The van der Waals surface area contributed by atoms with Crippen molar-refractivity contribution < 1.29 is 37.1 Å². The summed E-state index contributed by atoms with van der Waals surface area (Å²) in [7, 11) is 0. The highest BCUT2D eigenvalue weighted by atomic mass is 19.4. The van der Waals surface area contributed by atoms with E-state index >= 15 is 0 Å². The molecule has 0 radical (unpaired) electrons. The molecule has 0 atom stereocenters. The van der Waals surface area contributed by atoms with Crippen LogP contribution in [0.25, 0.3) is 0 Å². The number of rotatable bonds is 6. The number of anilines is 1. The Morgan fingerprint density at radius 1 is 1.25 bits per heavy atom. The van der Waals surface area contributed by atoms with E-state index < -0.39 is 46.2 Å². The predicted octanol–water partition coefficient (Wildman–Crippen LogP) is 4.34. The van der Waals surface area contributed by atoms with Gasteiger partial charge in [0.2, 0.25) is 5.82 Å². The molecule has 0 aliphatic carbocycles. The second kappa shape index (κ2) is 9.66. The van der Waals surface area contributed by atoms with E-state index in [0.29, 0.717) is 12.8 Å². The van der Waals surface area contributed by atoms with Crippen LogP contribution >= 0.6 is 0 Å². The second-order valence-electron chi connectivity index (χ2n) is 6.69. The third kappa shape index (κ3) is 5.34. The van der Waals surface area contributed by atoms with E-state index in [1.165, 1.54) is 12.1 Å². The van der Waals surface area contributed by atoms with Gasteiger partial charge in [-0.2, -0.15) is 18.2 Å². The Kier molecular flexibility index (Phi) is 6.95. The van der Waals surface area contributed by atoms with E-state index in [4.69, 9.17) is 14.2 Å². The zero-order valence-electron chi connectivity index (χ0n) is 16.9. The molecule has 10 nitrogen and oxygen atoms in total. The quantitative estimate of drug-likeness (QED) is 0.355. The number of carbonyl (C=O) groups excluding carboxylic acids is 1. The molecular formula is C19H19F3N4O6. The summed E-state index contributed by atoms with van der Waals surface area (Å²) in [6, 6.07) is 4.34. The Bertz CT molecular complexity index is 980. The fourth-order valence-electron chi connectivity index (χ4n) is 3.19. The Morgan fingerprint density at radius 2 is 1.94 bits per heavy atom. The first-order valence-electron chi connectivity index (χ1n) is 9.62. The van der Waals surface area contributed by atoms with E-state index in [1.807, 2.05) is 0 Å². The maximum atomic E-state index is 13.3. The minimum atomic E-state index is -4.72. The van der Waals surface area contributed by atoms with Crippen molar-refractivity contribution in [3.63, 3.8) is 0 Å². The molecule has 0 saturated carbocycles. The average Bonchev–Trinajstić information content (AvgIpc) is 2.74. The van der Waals surface area contributed by atoms with Crippen LogP contribution in [0.4, 0.5) is 29.5 Å². The van der Waals surface area contributed by atoms with Gasteiger partial charge < -0.3 is 19.1 Å². The Hall–Kier alpha value is -3.64. The molecule has 1 fully saturated rings. The maximum Gasteiger partial charge on any atom is 0.508 e. The third-order valence-corrected chi connectivity index (χ3v) is 4.62. The van der Waals surface area contributed by atoms with Crippen molar-refractivity contribution in [2.24, 2.45) is 0 Å².